The van der Waals surface area contributed by atoms with Gasteiger partial charge in [-0.1, -0.05) is 26.7 Å². The first-order valence-electron chi connectivity index (χ1n) is 6.86. The first-order chi connectivity index (χ1) is 8.99. The number of thiol groups is 1. The molecule has 0 saturated carbocycles. The van der Waals surface area contributed by atoms with Crippen molar-refractivity contribution in [2.75, 3.05) is 5.75 Å². The summed E-state index contributed by atoms with van der Waals surface area (Å²) in [6.07, 6.45) is 7.50. The van der Waals surface area contributed by atoms with E-state index in [1.807, 2.05) is 0 Å². The van der Waals surface area contributed by atoms with Gasteiger partial charge in [-0.2, -0.15) is 12.6 Å². The van der Waals surface area contributed by atoms with Crippen LogP contribution >= 0.6 is 12.6 Å². The average Bonchev–Trinajstić information content (AvgIpc) is 2.40. The summed E-state index contributed by atoms with van der Waals surface area (Å²) in [6, 6.07) is 0. The normalized spacial score (nSPS) is 11.8. The zero-order chi connectivity index (χ0) is 14.5. The van der Waals surface area contributed by atoms with E-state index in [4.69, 9.17) is 0 Å². The van der Waals surface area contributed by atoms with Gasteiger partial charge in [0.1, 0.15) is 0 Å². The topological polar surface area (TPSA) is 44.0 Å². The Morgan fingerprint density at radius 2 is 1.68 bits per heavy atom. The van der Waals surface area contributed by atoms with Gasteiger partial charge in [-0.3, -0.25) is 9.59 Å². The Hall–Kier alpha value is -0.970. The van der Waals surface area contributed by atoms with Crippen molar-refractivity contribution >= 4 is 12.6 Å². The summed E-state index contributed by atoms with van der Waals surface area (Å²) < 4.78 is 2.87. The number of nitrogens with zero attached hydrogens (tertiary/aromatic N) is 2. The zero-order valence-electron chi connectivity index (χ0n) is 12.1. The van der Waals surface area contributed by atoms with Gasteiger partial charge in [-0.25, -0.2) is 0 Å². The smallest absolute Gasteiger partial charge is 0.312 e. The van der Waals surface area contributed by atoms with Crippen LogP contribution in [0.2, 0.25) is 0 Å². The lowest BCUT2D eigenvalue weighted by molar-refractivity contribution is 0.228. The zero-order valence-corrected chi connectivity index (χ0v) is 12.9. The molecule has 0 aliphatic heterocycles. The highest BCUT2D eigenvalue weighted by Gasteiger charge is 2.28. The summed E-state index contributed by atoms with van der Waals surface area (Å²) in [4.78, 5) is 23.7. The van der Waals surface area contributed by atoms with E-state index in [9.17, 15) is 9.59 Å². The van der Waals surface area contributed by atoms with Gasteiger partial charge in [0.05, 0.1) is 0 Å². The molecule has 5 heteroatoms. The second-order valence-electron chi connectivity index (χ2n) is 5.31. The van der Waals surface area contributed by atoms with Crippen LogP contribution in [0.1, 0.15) is 39.5 Å². The van der Waals surface area contributed by atoms with Crippen LogP contribution in [0.3, 0.4) is 0 Å². The Kier molecular flexibility index (Phi) is 5.91. The van der Waals surface area contributed by atoms with Crippen LogP contribution < -0.4 is 11.1 Å². The van der Waals surface area contributed by atoms with Gasteiger partial charge >= 0.3 is 11.1 Å². The van der Waals surface area contributed by atoms with Crippen LogP contribution in [-0.4, -0.2) is 14.9 Å². The molecule has 0 N–H and O–H groups in total. The maximum atomic E-state index is 12.0. The van der Waals surface area contributed by atoms with Crippen molar-refractivity contribution in [2.45, 2.75) is 46.1 Å². The predicted molar refractivity (Wildman–Crippen MR) is 82.0 cm³/mol. The van der Waals surface area contributed by atoms with E-state index in [2.05, 4.69) is 26.5 Å². The molecule has 19 heavy (non-hydrogen) atoms. The molecule has 0 saturated heterocycles. The lowest BCUT2D eigenvalue weighted by Crippen LogP contribution is -2.43. The third kappa shape index (κ3) is 3.75. The Labute approximate surface area is 119 Å². The van der Waals surface area contributed by atoms with E-state index in [0.29, 0.717) is 6.54 Å². The maximum Gasteiger partial charge on any atom is 0.316 e. The third-order valence-electron chi connectivity index (χ3n) is 3.64. The molecule has 0 fully saturated rings. The van der Waals surface area contributed by atoms with Gasteiger partial charge in [0.25, 0.3) is 0 Å². The highest BCUT2D eigenvalue weighted by atomic mass is 32.1. The number of aryl methyl sites for hydroxylation is 1. The standard InChI is InChI=1S/C14H24N2O2S/c1-4-6-14(11-19,7-5-2)10-16-9-8-15(3)12(17)13(16)18/h8-9,19H,4-7,10-11H2,1-3H3. The van der Waals surface area contributed by atoms with E-state index in [0.717, 1.165) is 31.4 Å². The van der Waals surface area contributed by atoms with E-state index in [1.54, 1.807) is 24.0 Å². The van der Waals surface area contributed by atoms with Crippen LogP contribution in [0.5, 0.6) is 0 Å². The molecular weight excluding hydrogens is 260 g/mol. The minimum Gasteiger partial charge on any atom is -0.312 e. The number of hydrogen-bond acceptors (Lipinski definition) is 3. The number of aromatic nitrogens is 2. The molecule has 0 bridgehead atoms. The molecule has 1 aromatic heterocycles. The van der Waals surface area contributed by atoms with Gasteiger partial charge in [0.2, 0.25) is 0 Å². The van der Waals surface area contributed by atoms with Crippen molar-refractivity contribution in [3.8, 4) is 0 Å². The molecule has 0 radical (unpaired) electrons. The van der Waals surface area contributed by atoms with Gasteiger partial charge in [-0.15, -0.1) is 0 Å². The van der Waals surface area contributed by atoms with Gasteiger partial charge < -0.3 is 9.13 Å². The number of hydrogen-bond donors (Lipinski definition) is 1. The van der Waals surface area contributed by atoms with Crippen molar-refractivity contribution in [2.24, 2.45) is 12.5 Å². The minimum atomic E-state index is -0.469. The Bertz CT molecular complexity index is 513. The first kappa shape index (κ1) is 16.1. The Morgan fingerprint density at radius 3 is 2.16 bits per heavy atom. The summed E-state index contributed by atoms with van der Waals surface area (Å²) >= 11 is 4.48. The highest BCUT2D eigenvalue weighted by Crippen LogP contribution is 2.32. The van der Waals surface area contributed by atoms with Crippen molar-refractivity contribution in [1.82, 2.24) is 9.13 Å². The summed E-state index contributed by atoms with van der Waals surface area (Å²) in [5.41, 5.74) is -0.907. The molecular formula is C14H24N2O2S. The molecule has 0 aromatic carbocycles. The summed E-state index contributed by atoms with van der Waals surface area (Å²) in [6.45, 7) is 4.86. The largest absolute Gasteiger partial charge is 0.316 e. The Balaban J connectivity index is 3.13. The summed E-state index contributed by atoms with van der Waals surface area (Å²) in [5.74, 6) is 0.732. The first-order valence-corrected chi connectivity index (χ1v) is 7.50. The third-order valence-corrected chi connectivity index (χ3v) is 4.31. The van der Waals surface area contributed by atoms with Crippen molar-refractivity contribution in [3.63, 3.8) is 0 Å². The quantitative estimate of drug-likeness (QED) is 0.615. The van der Waals surface area contributed by atoms with E-state index >= 15 is 0 Å². The molecule has 1 aromatic rings. The van der Waals surface area contributed by atoms with E-state index in [-0.39, 0.29) is 5.41 Å². The molecule has 0 amide bonds. The van der Waals surface area contributed by atoms with Gasteiger partial charge in [-0.05, 0) is 24.0 Å². The second kappa shape index (κ2) is 6.98. The molecule has 4 nitrogen and oxygen atoms in total. The fourth-order valence-electron chi connectivity index (χ4n) is 2.63. The van der Waals surface area contributed by atoms with Crippen LogP contribution in [0, 0.1) is 5.41 Å². The van der Waals surface area contributed by atoms with Gasteiger partial charge in [0.15, 0.2) is 0 Å². The lowest BCUT2D eigenvalue weighted by Gasteiger charge is -2.32. The molecule has 0 unspecified atom stereocenters. The Morgan fingerprint density at radius 1 is 1.11 bits per heavy atom. The van der Waals surface area contributed by atoms with Crippen LogP contribution in [0.25, 0.3) is 0 Å². The average molecular weight is 284 g/mol. The summed E-state index contributed by atoms with van der Waals surface area (Å²) in [7, 11) is 1.60. The van der Waals surface area contributed by atoms with Crippen LogP contribution in [0.4, 0.5) is 0 Å². The van der Waals surface area contributed by atoms with Crippen molar-refractivity contribution in [3.05, 3.63) is 33.1 Å². The maximum absolute atomic E-state index is 12.0. The molecule has 0 aliphatic carbocycles. The monoisotopic (exact) mass is 284 g/mol. The molecule has 0 atom stereocenters. The molecule has 0 aliphatic rings. The molecule has 1 heterocycles. The predicted octanol–water partition coefficient (Wildman–Crippen LogP) is 2.06. The van der Waals surface area contributed by atoms with E-state index < -0.39 is 11.1 Å². The van der Waals surface area contributed by atoms with Crippen LogP contribution in [0.15, 0.2) is 22.0 Å². The highest BCUT2D eigenvalue weighted by molar-refractivity contribution is 7.80. The molecule has 1 rings (SSSR count). The SMILES string of the molecule is CCCC(CS)(CCC)Cn1ccn(C)c(=O)c1=O. The number of rotatable bonds is 7. The minimum absolute atomic E-state index is 0.00278. The summed E-state index contributed by atoms with van der Waals surface area (Å²) in [5, 5.41) is 0. The lowest BCUT2D eigenvalue weighted by atomic mass is 9.81. The fraction of sp³-hybridized carbons (Fsp3) is 0.714. The van der Waals surface area contributed by atoms with Crippen LogP contribution in [-0.2, 0) is 13.6 Å². The van der Waals surface area contributed by atoms with Crippen molar-refractivity contribution in [1.29, 1.82) is 0 Å². The van der Waals surface area contributed by atoms with Crippen molar-refractivity contribution < 1.29 is 0 Å². The fourth-order valence-corrected chi connectivity index (χ4v) is 3.04. The van der Waals surface area contributed by atoms with Gasteiger partial charge in [0, 0.05) is 26.0 Å². The second-order valence-corrected chi connectivity index (χ2v) is 5.62. The molecule has 108 valence electrons. The molecule has 0 spiro atoms. The van der Waals surface area contributed by atoms with E-state index in [1.165, 1.54) is 4.57 Å².